The van der Waals surface area contributed by atoms with Gasteiger partial charge in [0.25, 0.3) is 0 Å². The summed E-state index contributed by atoms with van der Waals surface area (Å²) in [4.78, 5) is 39.5. The minimum Gasteiger partial charge on any atom is -0.493 e. The van der Waals surface area contributed by atoms with E-state index in [0.717, 1.165) is 82.1 Å². The first kappa shape index (κ1) is 41.6. The third-order valence-corrected chi connectivity index (χ3v) is 17.3. The lowest BCUT2D eigenvalue weighted by atomic mass is 9.32. The van der Waals surface area contributed by atoms with Crippen molar-refractivity contribution in [2.24, 2.45) is 62.1 Å². The summed E-state index contributed by atoms with van der Waals surface area (Å²) in [7, 11) is 3.31. The van der Waals surface area contributed by atoms with E-state index in [0.29, 0.717) is 36.1 Å². The van der Waals surface area contributed by atoms with Gasteiger partial charge >= 0.3 is 11.9 Å². The zero-order chi connectivity index (χ0) is 40.4. The molecule has 2 N–H and O–H groups in total. The molecule has 0 spiro atoms. The number of benzene rings is 1. The molecule has 1 amide bonds. The summed E-state index contributed by atoms with van der Waals surface area (Å²) in [6, 6.07) is 6.06. The number of fused-ring (bicyclic) bond motifs is 7. The standard InChI is InChI=1S/C47H71NO7/c1-29(2)31-18-23-47(40(50)48-26-12-13-30-14-16-33(53-10)34(27-30)54-11)25-24-45(8)32(39(31)47)15-17-36-44(7)21-20-37(55-38(49)28-42(3,4)41(51)52)43(5,6)35(44)19-22-46(36,45)9/h14,16,27,31-32,35-37,39H,1,12-13,15,17-26,28H2,2-11H3,(H,48,50)(H,51,52)/t31-,32+,35-,36+,37-,39+,44-,45+,46+,47-/m0/s1. The minimum atomic E-state index is -1.15. The lowest BCUT2D eigenvalue weighted by Gasteiger charge is -2.72. The second kappa shape index (κ2) is 14.7. The first-order valence-electron chi connectivity index (χ1n) is 21.3. The molecular formula is C47H71NO7. The molecule has 0 aliphatic heterocycles. The largest absolute Gasteiger partial charge is 0.493 e. The normalized spacial score (nSPS) is 37.6. The molecule has 10 atom stereocenters. The summed E-state index contributed by atoms with van der Waals surface area (Å²) >= 11 is 0. The minimum absolute atomic E-state index is 0.108. The molecule has 0 heterocycles. The van der Waals surface area contributed by atoms with Crippen LogP contribution in [0, 0.1) is 62.1 Å². The van der Waals surface area contributed by atoms with Gasteiger partial charge in [0.2, 0.25) is 5.91 Å². The maximum atomic E-state index is 14.6. The van der Waals surface area contributed by atoms with Gasteiger partial charge < -0.3 is 24.6 Å². The lowest BCUT2D eigenvalue weighted by Crippen LogP contribution is -2.67. The van der Waals surface area contributed by atoms with Gasteiger partial charge in [0.15, 0.2) is 11.5 Å². The molecule has 0 bridgehead atoms. The Balaban J connectivity index is 1.19. The van der Waals surface area contributed by atoms with E-state index in [1.807, 2.05) is 12.1 Å². The quantitative estimate of drug-likeness (QED) is 0.124. The summed E-state index contributed by atoms with van der Waals surface area (Å²) in [6.07, 6.45) is 11.7. The number of hydrogen-bond donors (Lipinski definition) is 2. The molecule has 6 rings (SSSR count). The third kappa shape index (κ3) is 6.71. The van der Waals surface area contributed by atoms with Gasteiger partial charge in [-0.1, -0.05) is 52.8 Å². The first-order chi connectivity index (χ1) is 25.7. The molecule has 5 aliphatic rings. The second-order valence-corrected chi connectivity index (χ2v) is 20.6. The summed E-state index contributed by atoms with van der Waals surface area (Å²) < 4.78 is 17.1. The zero-order valence-corrected chi connectivity index (χ0v) is 35.7. The number of aryl methyl sites for hydroxylation is 1. The van der Waals surface area contributed by atoms with Crippen LogP contribution in [0.2, 0.25) is 0 Å². The van der Waals surface area contributed by atoms with Gasteiger partial charge in [0.1, 0.15) is 6.10 Å². The highest BCUT2D eigenvalue weighted by Gasteiger charge is 2.72. The number of aliphatic carboxylic acids is 1. The molecule has 0 radical (unpaired) electrons. The average molecular weight is 762 g/mol. The smallest absolute Gasteiger partial charge is 0.309 e. The van der Waals surface area contributed by atoms with Crippen molar-refractivity contribution in [3.63, 3.8) is 0 Å². The van der Waals surface area contributed by atoms with Crippen LogP contribution in [0.4, 0.5) is 0 Å². The monoisotopic (exact) mass is 762 g/mol. The number of carboxylic acids is 1. The number of allylic oxidation sites excluding steroid dienone is 1. The van der Waals surface area contributed by atoms with Crippen molar-refractivity contribution >= 4 is 17.8 Å². The Morgan fingerprint density at radius 1 is 0.873 bits per heavy atom. The number of nitrogens with one attached hydrogen (secondary N) is 1. The molecule has 55 heavy (non-hydrogen) atoms. The molecule has 1 aromatic carbocycles. The lowest BCUT2D eigenvalue weighted by molar-refractivity contribution is -0.249. The van der Waals surface area contributed by atoms with E-state index in [1.54, 1.807) is 28.1 Å². The highest BCUT2D eigenvalue weighted by molar-refractivity contribution is 5.84. The summed E-state index contributed by atoms with van der Waals surface area (Å²) in [5.41, 5.74) is 1.05. The second-order valence-electron chi connectivity index (χ2n) is 20.6. The molecule has 8 nitrogen and oxygen atoms in total. The van der Waals surface area contributed by atoms with Crippen LogP contribution in [0.1, 0.15) is 138 Å². The predicted octanol–water partition coefficient (Wildman–Crippen LogP) is 9.82. The van der Waals surface area contributed by atoms with E-state index in [1.165, 1.54) is 17.6 Å². The maximum absolute atomic E-state index is 14.6. The maximum Gasteiger partial charge on any atom is 0.309 e. The topological polar surface area (TPSA) is 111 Å². The Morgan fingerprint density at radius 3 is 2.24 bits per heavy atom. The molecule has 5 fully saturated rings. The number of methoxy groups -OCH3 is 2. The summed E-state index contributed by atoms with van der Waals surface area (Å²) in [6.45, 7) is 22.9. The van der Waals surface area contributed by atoms with Gasteiger partial charge in [-0.3, -0.25) is 14.4 Å². The SMILES string of the molecule is C=C(C)[C@@H]1CC[C@]2(C(=O)NCCCc3ccc(OC)c(OC)c3)CC[C@]3(C)[C@H](CC[C@@H]4[C@@]5(C)CC[C@H](OC(=O)CC(C)(C)C(=O)O)C(C)(C)[C@@H]5CC[C@]43C)[C@@H]12. The molecular weight excluding hydrogens is 691 g/mol. The van der Waals surface area contributed by atoms with Crippen molar-refractivity contribution in [2.75, 3.05) is 20.8 Å². The van der Waals surface area contributed by atoms with Gasteiger partial charge in [-0.2, -0.15) is 0 Å². The van der Waals surface area contributed by atoms with Crippen molar-refractivity contribution < 1.29 is 33.7 Å². The predicted molar refractivity (Wildman–Crippen MR) is 216 cm³/mol. The van der Waals surface area contributed by atoms with Gasteiger partial charge in [0, 0.05) is 12.0 Å². The van der Waals surface area contributed by atoms with Crippen LogP contribution in [0.3, 0.4) is 0 Å². The molecule has 5 saturated carbocycles. The number of carbonyl (C=O) groups is 3. The van der Waals surface area contributed by atoms with Crippen molar-refractivity contribution in [2.45, 2.75) is 145 Å². The van der Waals surface area contributed by atoms with Crippen molar-refractivity contribution in [3.8, 4) is 11.5 Å². The Morgan fingerprint density at radius 2 is 1.58 bits per heavy atom. The fourth-order valence-corrected chi connectivity index (χ4v) is 14.1. The van der Waals surface area contributed by atoms with Crippen molar-refractivity contribution in [1.29, 1.82) is 0 Å². The van der Waals surface area contributed by atoms with Crippen LogP contribution in [0.5, 0.6) is 11.5 Å². The van der Waals surface area contributed by atoms with E-state index < -0.39 is 17.4 Å². The van der Waals surface area contributed by atoms with Crippen LogP contribution in [-0.4, -0.2) is 49.8 Å². The van der Waals surface area contributed by atoms with E-state index in [9.17, 15) is 19.5 Å². The molecule has 1 aromatic rings. The van der Waals surface area contributed by atoms with Gasteiger partial charge in [-0.25, -0.2) is 0 Å². The van der Waals surface area contributed by atoms with Crippen molar-refractivity contribution in [1.82, 2.24) is 5.32 Å². The molecule has 5 aliphatic carbocycles. The van der Waals surface area contributed by atoms with Crippen LogP contribution in [0.25, 0.3) is 0 Å². The summed E-state index contributed by atoms with van der Waals surface area (Å²) in [5, 5.41) is 13.1. The fraction of sp³-hybridized carbons (Fsp3) is 0.766. The van der Waals surface area contributed by atoms with Gasteiger partial charge in [-0.05, 0) is 161 Å². The van der Waals surface area contributed by atoms with Crippen LogP contribution < -0.4 is 14.8 Å². The van der Waals surface area contributed by atoms with E-state index >= 15 is 0 Å². The number of hydrogen-bond acceptors (Lipinski definition) is 6. The van der Waals surface area contributed by atoms with E-state index in [2.05, 4.69) is 59.5 Å². The Kier molecular flexibility index (Phi) is 11.1. The van der Waals surface area contributed by atoms with Gasteiger partial charge in [0.05, 0.1) is 31.5 Å². The highest BCUT2D eigenvalue weighted by Crippen LogP contribution is 2.77. The zero-order valence-electron chi connectivity index (χ0n) is 35.7. The highest BCUT2D eigenvalue weighted by atomic mass is 16.5. The van der Waals surface area contributed by atoms with Gasteiger partial charge in [-0.15, -0.1) is 0 Å². The first-order valence-corrected chi connectivity index (χ1v) is 21.3. The van der Waals surface area contributed by atoms with E-state index in [-0.39, 0.29) is 45.5 Å². The summed E-state index contributed by atoms with van der Waals surface area (Å²) in [5.74, 6) is 2.42. The number of esters is 1. The number of rotatable bonds is 12. The molecule has 8 heteroatoms. The molecule has 306 valence electrons. The van der Waals surface area contributed by atoms with Crippen LogP contribution in [-0.2, 0) is 25.5 Å². The Hall–Kier alpha value is -3.03. The molecule has 0 aromatic heterocycles. The van der Waals surface area contributed by atoms with Crippen LogP contribution >= 0.6 is 0 Å². The van der Waals surface area contributed by atoms with E-state index in [4.69, 9.17) is 14.2 Å². The number of carboxylic acid groups (broad SMARTS) is 1. The van der Waals surface area contributed by atoms with Crippen molar-refractivity contribution in [3.05, 3.63) is 35.9 Å². The number of carbonyl (C=O) groups excluding carboxylic acids is 2. The Labute approximate surface area is 331 Å². The molecule has 0 saturated heterocycles. The fourth-order valence-electron chi connectivity index (χ4n) is 14.1. The van der Waals surface area contributed by atoms with Crippen LogP contribution in [0.15, 0.2) is 30.4 Å². The third-order valence-electron chi connectivity index (χ3n) is 17.3. The molecule has 0 unspecified atom stereocenters. The number of amides is 1. The average Bonchev–Trinajstić information content (AvgIpc) is 3.52. The Bertz CT molecular complexity index is 1670. The number of ether oxygens (including phenoxy) is 3.